The molecule has 1 saturated heterocycles. The van der Waals surface area contributed by atoms with Gasteiger partial charge in [0, 0.05) is 28.7 Å². The Kier molecular flexibility index (Phi) is 3.54. The molecule has 142 valence electrons. The van der Waals surface area contributed by atoms with Crippen molar-refractivity contribution in [2.75, 3.05) is 18.0 Å². The molecule has 1 aliphatic carbocycles. The van der Waals surface area contributed by atoms with Gasteiger partial charge in [0.1, 0.15) is 4.83 Å². The maximum absolute atomic E-state index is 13.5. The highest BCUT2D eigenvalue weighted by Gasteiger charge is 2.25. The number of anilines is 1. The molecule has 0 unspecified atom stereocenters. The summed E-state index contributed by atoms with van der Waals surface area (Å²) in [6.45, 7) is 4.29. The summed E-state index contributed by atoms with van der Waals surface area (Å²) in [5.74, 6) is 1.67. The van der Waals surface area contributed by atoms with E-state index >= 15 is 0 Å². The van der Waals surface area contributed by atoms with Gasteiger partial charge in [0.2, 0.25) is 0 Å². The van der Waals surface area contributed by atoms with Gasteiger partial charge in [-0.1, -0.05) is 31.2 Å². The second kappa shape index (κ2) is 6.01. The SMILES string of the molecule is CC1CCN(c2nn3c(=O)c4c5c(sc4nc3c3ccccc23)CCC5)CC1. The zero-order valence-corrected chi connectivity index (χ0v) is 16.8. The highest BCUT2D eigenvalue weighted by Crippen LogP contribution is 2.36. The minimum absolute atomic E-state index is 0.00298. The molecule has 0 N–H and O–H groups in total. The Morgan fingerprint density at radius 1 is 1.11 bits per heavy atom. The van der Waals surface area contributed by atoms with Gasteiger partial charge in [-0.25, -0.2) is 4.98 Å². The third kappa shape index (κ3) is 2.27. The lowest BCUT2D eigenvalue weighted by atomic mass is 9.99. The average Bonchev–Trinajstić information content (AvgIpc) is 3.29. The first-order valence-electron chi connectivity index (χ1n) is 10.2. The van der Waals surface area contributed by atoms with Crippen LogP contribution in [0.4, 0.5) is 5.82 Å². The first kappa shape index (κ1) is 16.5. The molecule has 1 aliphatic heterocycles. The zero-order valence-electron chi connectivity index (χ0n) is 15.9. The normalized spacial score (nSPS) is 17.8. The van der Waals surface area contributed by atoms with Gasteiger partial charge in [-0.3, -0.25) is 4.79 Å². The molecule has 2 aliphatic rings. The lowest BCUT2D eigenvalue weighted by Crippen LogP contribution is -2.34. The van der Waals surface area contributed by atoms with Crippen LogP contribution in [-0.2, 0) is 12.8 Å². The molecule has 3 aromatic heterocycles. The summed E-state index contributed by atoms with van der Waals surface area (Å²) in [5.41, 5.74) is 1.90. The van der Waals surface area contributed by atoms with Crippen LogP contribution in [0.1, 0.15) is 36.6 Å². The predicted molar refractivity (Wildman–Crippen MR) is 115 cm³/mol. The van der Waals surface area contributed by atoms with Crippen molar-refractivity contribution < 1.29 is 0 Å². The van der Waals surface area contributed by atoms with E-state index in [9.17, 15) is 4.79 Å². The van der Waals surface area contributed by atoms with Crippen LogP contribution < -0.4 is 10.5 Å². The summed E-state index contributed by atoms with van der Waals surface area (Å²) in [5, 5.41) is 7.78. The van der Waals surface area contributed by atoms with Crippen molar-refractivity contribution in [1.29, 1.82) is 0 Å². The molecule has 1 aromatic carbocycles. The molecule has 0 atom stereocenters. The summed E-state index contributed by atoms with van der Waals surface area (Å²) < 4.78 is 1.57. The van der Waals surface area contributed by atoms with Crippen LogP contribution in [0, 0.1) is 5.92 Å². The molecule has 6 heteroatoms. The van der Waals surface area contributed by atoms with Crippen molar-refractivity contribution in [1.82, 2.24) is 14.6 Å². The Morgan fingerprint density at radius 2 is 1.89 bits per heavy atom. The Bertz CT molecular complexity index is 1300. The molecule has 0 spiro atoms. The summed E-state index contributed by atoms with van der Waals surface area (Å²) in [7, 11) is 0. The average molecular weight is 391 g/mol. The summed E-state index contributed by atoms with van der Waals surface area (Å²) >= 11 is 1.69. The smallest absolute Gasteiger partial charge is 0.283 e. The monoisotopic (exact) mass is 390 g/mol. The third-order valence-corrected chi connectivity index (χ3v) is 7.59. The van der Waals surface area contributed by atoms with Crippen molar-refractivity contribution in [2.45, 2.75) is 39.0 Å². The van der Waals surface area contributed by atoms with Gasteiger partial charge in [0.25, 0.3) is 5.56 Å². The first-order chi connectivity index (χ1) is 13.7. The lowest BCUT2D eigenvalue weighted by Gasteiger charge is -2.31. The van der Waals surface area contributed by atoms with E-state index in [-0.39, 0.29) is 5.56 Å². The first-order valence-corrected chi connectivity index (χ1v) is 11.0. The van der Waals surface area contributed by atoms with Crippen LogP contribution >= 0.6 is 11.3 Å². The van der Waals surface area contributed by atoms with Crippen LogP contribution in [0.2, 0.25) is 0 Å². The minimum atomic E-state index is -0.00298. The van der Waals surface area contributed by atoms with E-state index in [1.807, 2.05) is 12.1 Å². The second-order valence-electron chi connectivity index (χ2n) is 8.23. The standard InChI is InChI=1S/C22H22N4OS/c1-13-9-11-25(12-10-13)20-15-6-3-2-5-14(15)19-23-21-18(22(27)26(19)24-20)16-7-4-8-17(16)28-21/h2-3,5-6,13H,4,7-12H2,1H3. The number of nitrogens with zero attached hydrogens (tertiary/aromatic N) is 4. The molecule has 6 rings (SSSR count). The number of hydrogen-bond acceptors (Lipinski definition) is 5. The molecular weight excluding hydrogens is 368 g/mol. The fraction of sp³-hybridized carbons (Fsp3) is 0.409. The van der Waals surface area contributed by atoms with Gasteiger partial charge in [-0.15, -0.1) is 16.4 Å². The van der Waals surface area contributed by atoms with E-state index in [4.69, 9.17) is 10.1 Å². The maximum Gasteiger partial charge on any atom is 0.283 e. The van der Waals surface area contributed by atoms with E-state index < -0.39 is 0 Å². The van der Waals surface area contributed by atoms with Gasteiger partial charge < -0.3 is 4.90 Å². The van der Waals surface area contributed by atoms with E-state index in [1.54, 1.807) is 15.9 Å². The van der Waals surface area contributed by atoms with Crippen molar-refractivity contribution in [3.63, 3.8) is 0 Å². The molecule has 1 fully saturated rings. The van der Waals surface area contributed by atoms with E-state index in [0.29, 0.717) is 5.65 Å². The van der Waals surface area contributed by atoms with Crippen LogP contribution in [-0.4, -0.2) is 27.7 Å². The van der Waals surface area contributed by atoms with Gasteiger partial charge in [0.15, 0.2) is 11.5 Å². The number of fused-ring (bicyclic) bond motifs is 6. The fourth-order valence-corrected chi connectivity index (χ4v) is 6.03. The molecule has 0 bridgehead atoms. The van der Waals surface area contributed by atoms with E-state index in [1.165, 1.54) is 10.4 Å². The third-order valence-electron chi connectivity index (χ3n) is 6.40. The summed E-state index contributed by atoms with van der Waals surface area (Å²) in [4.78, 5) is 23.0. The molecule has 4 aromatic rings. The highest BCUT2D eigenvalue weighted by atomic mass is 32.1. The molecule has 0 amide bonds. The van der Waals surface area contributed by atoms with Gasteiger partial charge in [-0.2, -0.15) is 4.52 Å². The zero-order chi connectivity index (χ0) is 18.8. The maximum atomic E-state index is 13.5. The van der Waals surface area contributed by atoms with Crippen molar-refractivity contribution in [2.24, 2.45) is 5.92 Å². The van der Waals surface area contributed by atoms with Gasteiger partial charge in [-0.05, 0) is 43.6 Å². The number of rotatable bonds is 1. The van der Waals surface area contributed by atoms with E-state index in [0.717, 1.165) is 77.9 Å². The summed E-state index contributed by atoms with van der Waals surface area (Å²) in [6, 6.07) is 8.25. The number of aromatic nitrogens is 3. The largest absolute Gasteiger partial charge is 0.355 e. The quantitative estimate of drug-likeness (QED) is 0.458. The van der Waals surface area contributed by atoms with Gasteiger partial charge in [0.05, 0.1) is 5.39 Å². The van der Waals surface area contributed by atoms with Crippen molar-refractivity contribution in [3.05, 3.63) is 45.1 Å². The molecule has 5 nitrogen and oxygen atoms in total. The molecule has 28 heavy (non-hydrogen) atoms. The number of thiophene rings is 1. The number of piperidine rings is 1. The molecule has 4 heterocycles. The molecule has 0 radical (unpaired) electrons. The predicted octanol–water partition coefficient (Wildman–Crippen LogP) is 4.18. The Morgan fingerprint density at radius 3 is 2.71 bits per heavy atom. The van der Waals surface area contributed by atoms with E-state index in [2.05, 4.69) is 24.0 Å². The topological polar surface area (TPSA) is 50.5 Å². The number of aryl methyl sites for hydroxylation is 2. The Labute approximate surface area is 166 Å². The minimum Gasteiger partial charge on any atom is -0.355 e. The van der Waals surface area contributed by atoms with Crippen LogP contribution in [0.25, 0.3) is 26.6 Å². The second-order valence-corrected chi connectivity index (χ2v) is 9.31. The van der Waals surface area contributed by atoms with Crippen molar-refractivity contribution >= 4 is 43.8 Å². The Hall–Kier alpha value is -2.47. The fourth-order valence-electron chi connectivity index (χ4n) is 4.78. The van der Waals surface area contributed by atoms with Crippen LogP contribution in [0.5, 0.6) is 0 Å². The van der Waals surface area contributed by atoms with Crippen LogP contribution in [0.3, 0.4) is 0 Å². The highest BCUT2D eigenvalue weighted by molar-refractivity contribution is 7.18. The number of benzene rings is 1. The van der Waals surface area contributed by atoms with Crippen molar-refractivity contribution in [3.8, 4) is 0 Å². The lowest BCUT2D eigenvalue weighted by molar-refractivity contribution is 0.436. The molecule has 0 saturated carbocycles. The Balaban J connectivity index is 1.69. The summed E-state index contributed by atoms with van der Waals surface area (Å²) in [6.07, 6.45) is 5.53. The number of hydrogen-bond donors (Lipinski definition) is 0. The van der Waals surface area contributed by atoms with Crippen LogP contribution in [0.15, 0.2) is 29.1 Å². The van der Waals surface area contributed by atoms with Gasteiger partial charge >= 0.3 is 0 Å². The molecular formula is C22H22N4OS.